The van der Waals surface area contributed by atoms with E-state index in [2.05, 4.69) is 10.6 Å². The van der Waals surface area contributed by atoms with E-state index in [-0.39, 0.29) is 18.9 Å². The number of carbonyl (C=O) groups is 2. The van der Waals surface area contributed by atoms with Crippen LogP contribution in [0.15, 0.2) is 42.5 Å². The fraction of sp³-hybridized carbons (Fsp3) is 0.381. The van der Waals surface area contributed by atoms with E-state index in [0.717, 1.165) is 29.2 Å². The summed E-state index contributed by atoms with van der Waals surface area (Å²) in [6.07, 6.45) is 1.64. The number of ether oxygens (including phenoxy) is 1. The number of nitrogens with one attached hydrogen (secondary N) is 2. The number of hydrogen-bond acceptors (Lipinski definition) is 4. The molecule has 0 aromatic heterocycles. The van der Waals surface area contributed by atoms with Crippen LogP contribution in [0.1, 0.15) is 31.7 Å². The maximum Gasteiger partial charge on any atom is 0.407 e. The van der Waals surface area contributed by atoms with Crippen molar-refractivity contribution in [1.82, 2.24) is 10.6 Å². The van der Waals surface area contributed by atoms with Crippen LogP contribution < -0.4 is 10.6 Å². The predicted octanol–water partition coefficient (Wildman–Crippen LogP) is 3.31. The number of carbonyl (C=O) groups excluding carboxylic acids is 2. The summed E-state index contributed by atoms with van der Waals surface area (Å²) in [5.74, 6) is -0.328. The number of benzene rings is 2. The Morgan fingerprint density at radius 2 is 1.96 bits per heavy atom. The fourth-order valence-electron chi connectivity index (χ4n) is 2.67. The summed E-state index contributed by atoms with van der Waals surface area (Å²) in [4.78, 5) is 24.5. The van der Waals surface area contributed by atoms with E-state index in [1.54, 1.807) is 0 Å². The Labute approximate surface area is 159 Å². The lowest BCUT2D eigenvalue weighted by atomic mass is 10.0. The zero-order valence-electron chi connectivity index (χ0n) is 15.5. The molecule has 2 amide bonds. The van der Waals surface area contributed by atoms with Crippen molar-refractivity contribution in [3.05, 3.63) is 48.0 Å². The highest BCUT2D eigenvalue weighted by atomic mass is 16.5. The Morgan fingerprint density at radius 3 is 2.70 bits per heavy atom. The standard InChI is InChI=1S/C21H25N3O3/c1-2-3-13-27-21(26)24-19(20(25)23-12-6-11-22)15-16-9-10-17-7-4-5-8-18(17)14-16/h4-5,7-10,14,19H,2-3,6,12-13,15H2,1H3,(H,23,25)(H,24,26). The van der Waals surface area contributed by atoms with Crippen molar-refractivity contribution < 1.29 is 14.3 Å². The SMILES string of the molecule is CCCCOC(=O)NC(Cc1ccc2ccccc2c1)C(=O)NCCC#N. The zero-order valence-corrected chi connectivity index (χ0v) is 15.5. The molecule has 0 aliphatic heterocycles. The molecule has 0 aliphatic rings. The second-order valence-electron chi connectivity index (χ2n) is 6.27. The summed E-state index contributed by atoms with van der Waals surface area (Å²) in [6.45, 7) is 2.57. The lowest BCUT2D eigenvalue weighted by molar-refractivity contribution is -0.123. The molecule has 6 heteroatoms. The first-order valence-corrected chi connectivity index (χ1v) is 9.19. The second kappa shape index (κ2) is 10.8. The molecule has 0 radical (unpaired) electrons. The van der Waals surface area contributed by atoms with Gasteiger partial charge in [0.25, 0.3) is 0 Å². The molecule has 1 unspecified atom stereocenters. The van der Waals surface area contributed by atoms with E-state index in [1.165, 1.54) is 0 Å². The average molecular weight is 367 g/mol. The van der Waals surface area contributed by atoms with Crippen LogP contribution >= 0.6 is 0 Å². The summed E-state index contributed by atoms with van der Waals surface area (Å²) >= 11 is 0. The number of unbranched alkanes of at least 4 members (excludes halogenated alkanes) is 1. The summed E-state index contributed by atoms with van der Waals surface area (Å²) in [5, 5.41) is 16.1. The minimum Gasteiger partial charge on any atom is -0.450 e. The van der Waals surface area contributed by atoms with Gasteiger partial charge in [-0.3, -0.25) is 4.79 Å². The van der Waals surface area contributed by atoms with E-state index < -0.39 is 12.1 Å². The van der Waals surface area contributed by atoms with Crippen LogP contribution in [0.5, 0.6) is 0 Å². The van der Waals surface area contributed by atoms with Gasteiger partial charge in [-0.1, -0.05) is 55.8 Å². The van der Waals surface area contributed by atoms with Crippen molar-refractivity contribution in [1.29, 1.82) is 5.26 Å². The highest BCUT2D eigenvalue weighted by molar-refractivity contribution is 5.87. The van der Waals surface area contributed by atoms with Crippen LogP contribution in [0.25, 0.3) is 10.8 Å². The van der Waals surface area contributed by atoms with Gasteiger partial charge in [-0.25, -0.2) is 4.79 Å². The van der Waals surface area contributed by atoms with Crippen LogP contribution in [0, 0.1) is 11.3 Å². The Morgan fingerprint density at radius 1 is 1.19 bits per heavy atom. The largest absolute Gasteiger partial charge is 0.450 e. The molecular formula is C21H25N3O3. The molecule has 2 aromatic carbocycles. The molecule has 0 fully saturated rings. The van der Waals surface area contributed by atoms with Crippen molar-refractivity contribution in [2.75, 3.05) is 13.2 Å². The highest BCUT2D eigenvalue weighted by Gasteiger charge is 2.21. The van der Waals surface area contributed by atoms with Crippen LogP contribution in [-0.2, 0) is 16.0 Å². The molecule has 0 aliphatic carbocycles. The van der Waals surface area contributed by atoms with E-state index in [1.807, 2.05) is 55.5 Å². The highest BCUT2D eigenvalue weighted by Crippen LogP contribution is 2.17. The number of amides is 2. The van der Waals surface area contributed by atoms with Crippen molar-refractivity contribution in [3.63, 3.8) is 0 Å². The minimum absolute atomic E-state index is 0.218. The molecular weight excluding hydrogens is 342 g/mol. The van der Waals surface area contributed by atoms with Gasteiger partial charge >= 0.3 is 6.09 Å². The first-order valence-electron chi connectivity index (χ1n) is 9.19. The van der Waals surface area contributed by atoms with Crippen LogP contribution in [0.3, 0.4) is 0 Å². The first-order chi connectivity index (χ1) is 13.1. The molecule has 0 saturated carbocycles. The van der Waals surface area contributed by atoms with Gasteiger partial charge in [0.15, 0.2) is 0 Å². The topological polar surface area (TPSA) is 91.2 Å². The third-order valence-electron chi connectivity index (χ3n) is 4.13. The van der Waals surface area contributed by atoms with Gasteiger partial charge in [0.1, 0.15) is 6.04 Å². The van der Waals surface area contributed by atoms with E-state index >= 15 is 0 Å². The van der Waals surface area contributed by atoms with Gasteiger partial charge in [0, 0.05) is 13.0 Å². The number of nitriles is 1. The maximum absolute atomic E-state index is 12.5. The van der Waals surface area contributed by atoms with E-state index in [9.17, 15) is 9.59 Å². The smallest absolute Gasteiger partial charge is 0.407 e. The lowest BCUT2D eigenvalue weighted by Gasteiger charge is -2.18. The van der Waals surface area contributed by atoms with Gasteiger partial charge in [-0.05, 0) is 22.8 Å². The Bertz CT molecular complexity index is 814. The molecule has 6 nitrogen and oxygen atoms in total. The van der Waals surface area contributed by atoms with Crippen molar-refractivity contribution in [3.8, 4) is 6.07 Å². The zero-order chi connectivity index (χ0) is 19.5. The number of rotatable bonds is 9. The molecule has 142 valence electrons. The van der Waals surface area contributed by atoms with E-state index in [4.69, 9.17) is 10.00 Å². The molecule has 1 atom stereocenters. The molecule has 0 heterocycles. The van der Waals surface area contributed by atoms with Crippen molar-refractivity contribution in [2.24, 2.45) is 0 Å². The third kappa shape index (κ3) is 6.63. The van der Waals surface area contributed by atoms with Crippen LogP contribution in [0.4, 0.5) is 4.79 Å². The quantitative estimate of drug-likeness (QED) is 0.665. The molecule has 2 rings (SSSR count). The number of fused-ring (bicyclic) bond motifs is 1. The van der Waals surface area contributed by atoms with Crippen molar-refractivity contribution in [2.45, 2.75) is 38.6 Å². The second-order valence-corrected chi connectivity index (χ2v) is 6.27. The molecule has 2 N–H and O–H groups in total. The molecule has 0 spiro atoms. The molecule has 27 heavy (non-hydrogen) atoms. The Kier molecular flexibility index (Phi) is 8.11. The van der Waals surface area contributed by atoms with Gasteiger partial charge in [0.05, 0.1) is 19.1 Å². The lowest BCUT2D eigenvalue weighted by Crippen LogP contribution is -2.48. The Hall–Kier alpha value is -3.07. The van der Waals surface area contributed by atoms with E-state index in [0.29, 0.717) is 13.0 Å². The first kappa shape index (κ1) is 20.2. The average Bonchev–Trinajstić information content (AvgIpc) is 2.67. The summed E-state index contributed by atoms with van der Waals surface area (Å²) in [6, 6.07) is 15.1. The van der Waals surface area contributed by atoms with Gasteiger partial charge < -0.3 is 15.4 Å². The minimum atomic E-state index is -0.765. The van der Waals surface area contributed by atoms with Crippen LogP contribution in [-0.4, -0.2) is 31.2 Å². The summed E-state index contributed by atoms with van der Waals surface area (Å²) in [7, 11) is 0. The summed E-state index contributed by atoms with van der Waals surface area (Å²) in [5.41, 5.74) is 0.933. The maximum atomic E-state index is 12.5. The molecule has 0 bridgehead atoms. The molecule has 0 saturated heterocycles. The van der Waals surface area contributed by atoms with Crippen LogP contribution in [0.2, 0.25) is 0 Å². The van der Waals surface area contributed by atoms with Crippen molar-refractivity contribution >= 4 is 22.8 Å². The number of alkyl carbamates (subject to hydrolysis) is 1. The van der Waals surface area contributed by atoms with Gasteiger partial charge in [-0.2, -0.15) is 5.26 Å². The monoisotopic (exact) mass is 367 g/mol. The number of hydrogen-bond donors (Lipinski definition) is 2. The summed E-state index contributed by atoms with van der Waals surface area (Å²) < 4.78 is 5.11. The fourth-order valence-corrected chi connectivity index (χ4v) is 2.67. The normalized spacial score (nSPS) is 11.4. The Balaban J connectivity index is 2.08. The third-order valence-corrected chi connectivity index (χ3v) is 4.13. The van der Waals surface area contributed by atoms with Gasteiger partial charge in [-0.15, -0.1) is 0 Å². The van der Waals surface area contributed by atoms with Gasteiger partial charge in [0.2, 0.25) is 5.91 Å². The molecule has 2 aromatic rings. The number of nitrogens with zero attached hydrogens (tertiary/aromatic N) is 1. The predicted molar refractivity (Wildman–Crippen MR) is 104 cm³/mol.